The van der Waals surface area contributed by atoms with E-state index < -0.39 is 0 Å². The lowest BCUT2D eigenvalue weighted by atomic mass is 10.0. The van der Waals surface area contributed by atoms with Gasteiger partial charge in [-0.05, 0) is 51.0 Å². The van der Waals surface area contributed by atoms with Crippen LogP contribution in [0.2, 0.25) is 0 Å². The monoisotopic (exact) mass is 341 g/mol. The van der Waals surface area contributed by atoms with Crippen LogP contribution in [0.25, 0.3) is 17.5 Å². The van der Waals surface area contributed by atoms with Crippen molar-refractivity contribution in [1.82, 2.24) is 4.57 Å². The Morgan fingerprint density at radius 1 is 1.08 bits per heavy atom. The molecule has 4 heteroatoms. The van der Waals surface area contributed by atoms with Crippen molar-refractivity contribution in [2.75, 3.05) is 0 Å². The van der Waals surface area contributed by atoms with Crippen LogP contribution in [0.15, 0.2) is 40.8 Å². The van der Waals surface area contributed by atoms with Gasteiger partial charge in [-0.3, -0.25) is 4.57 Å². The molecule has 0 N–H and O–H groups in total. The minimum absolute atomic E-state index is 0.537. The van der Waals surface area contributed by atoms with Crippen LogP contribution in [0.1, 0.15) is 39.4 Å². The van der Waals surface area contributed by atoms with E-state index in [4.69, 9.17) is 4.42 Å². The highest BCUT2D eigenvalue weighted by Crippen LogP contribution is 2.30. The number of furan rings is 1. The van der Waals surface area contributed by atoms with E-state index in [9.17, 15) is 10.5 Å². The molecule has 0 saturated heterocycles. The topological polar surface area (TPSA) is 65.7 Å². The number of aryl methyl sites for hydroxylation is 2. The maximum Gasteiger partial charge on any atom is 0.222 e. The average Bonchev–Trinajstić information content (AvgIpc) is 3.08. The summed E-state index contributed by atoms with van der Waals surface area (Å²) in [6.45, 7) is 7.68. The van der Waals surface area contributed by atoms with Gasteiger partial charge in [0.15, 0.2) is 0 Å². The van der Waals surface area contributed by atoms with Gasteiger partial charge in [-0.15, -0.1) is 0 Å². The zero-order valence-electron chi connectivity index (χ0n) is 15.3. The van der Waals surface area contributed by atoms with E-state index in [1.807, 2.05) is 74.7 Å². The van der Waals surface area contributed by atoms with Crippen LogP contribution in [-0.2, 0) is 0 Å². The third-order valence-corrected chi connectivity index (χ3v) is 4.66. The normalized spacial score (nSPS) is 11.2. The van der Waals surface area contributed by atoms with Crippen molar-refractivity contribution in [3.05, 3.63) is 75.8 Å². The van der Waals surface area contributed by atoms with E-state index in [1.54, 1.807) is 0 Å². The van der Waals surface area contributed by atoms with Crippen molar-refractivity contribution in [2.45, 2.75) is 27.7 Å². The standard InChI is InChI=1S/C22H19N3O/c1-14-10-19(11-20(12-23)18-8-6-5-7-9-18)16(3)25(14)22-21(13-24)15(2)17(4)26-22/h5-11H,1-4H3/b20-11-. The predicted octanol–water partition coefficient (Wildman–Crippen LogP) is 5.24. The van der Waals surface area contributed by atoms with E-state index in [0.29, 0.717) is 17.0 Å². The molecule has 128 valence electrons. The molecule has 3 rings (SSSR count). The molecule has 3 aromatic rings. The molecular weight excluding hydrogens is 322 g/mol. The number of aromatic nitrogens is 1. The third-order valence-electron chi connectivity index (χ3n) is 4.66. The van der Waals surface area contributed by atoms with Gasteiger partial charge in [-0.2, -0.15) is 10.5 Å². The van der Waals surface area contributed by atoms with E-state index >= 15 is 0 Å². The first-order valence-electron chi connectivity index (χ1n) is 8.34. The Hall–Kier alpha value is -3.50. The number of hydrogen-bond acceptors (Lipinski definition) is 3. The maximum atomic E-state index is 9.56. The molecule has 0 aliphatic carbocycles. The summed E-state index contributed by atoms with van der Waals surface area (Å²) in [4.78, 5) is 0. The Labute approximate surface area is 153 Å². The summed E-state index contributed by atoms with van der Waals surface area (Å²) in [5.41, 5.74) is 5.68. The van der Waals surface area contributed by atoms with Gasteiger partial charge >= 0.3 is 0 Å². The van der Waals surface area contributed by atoms with Crippen molar-refractivity contribution in [1.29, 1.82) is 10.5 Å². The molecule has 0 atom stereocenters. The lowest BCUT2D eigenvalue weighted by molar-refractivity contribution is 0.503. The molecule has 26 heavy (non-hydrogen) atoms. The molecule has 0 spiro atoms. The smallest absolute Gasteiger partial charge is 0.222 e. The summed E-state index contributed by atoms with van der Waals surface area (Å²) in [5, 5.41) is 19.1. The van der Waals surface area contributed by atoms with Crippen LogP contribution >= 0.6 is 0 Å². The summed E-state index contributed by atoms with van der Waals surface area (Å²) < 4.78 is 7.80. The predicted molar refractivity (Wildman–Crippen MR) is 102 cm³/mol. The highest BCUT2D eigenvalue weighted by molar-refractivity contribution is 5.90. The van der Waals surface area contributed by atoms with Gasteiger partial charge in [0.25, 0.3) is 0 Å². The number of allylic oxidation sites excluding steroid dienone is 1. The van der Waals surface area contributed by atoms with Crippen LogP contribution in [-0.4, -0.2) is 4.57 Å². The molecule has 0 unspecified atom stereocenters. The fourth-order valence-corrected chi connectivity index (χ4v) is 3.10. The van der Waals surface area contributed by atoms with Crippen LogP contribution in [0.3, 0.4) is 0 Å². The number of rotatable bonds is 3. The second-order valence-electron chi connectivity index (χ2n) is 6.27. The number of hydrogen-bond donors (Lipinski definition) is 0. The molecule has 0 saturated carbocycles. The van der Waals surface area contributed by atoms with Gasteiger partial charge in [0.2, 0.25) is 5.88 Å². The van der Waals surface area contributed by atoms with Gasteiger partial charge in [-0.25, -0.2) is 0 Å². The molecule has 1 aromatic carbocycles. The van der Waals surface area contributed by atoms with Crippen LogP contribution in [0.5, 0.6) is 0 Å². The SMILES string of the molecule is Cc1oc(-n2c(C)cc(/C=C(/C#N)c3ccccc3)c2C)c(C#N)c1C. The molecule has 0 bridgehead atoms. The first kappa shape index (κ1) is 17.3. The van der Waals surface area contributed by atoms with E-state index in [0.717, 1.165) is 33.8 Å². The lowest BCUT2D eigenvalue weighted by Gasteiger charge is -2.06. The molecule has 0 radical (unpaired) electrons. The molecule has 0 amide bonds. The van der Waals surface area contributed by atoms with Gasteiger partial charge in [0, 0.05) is 17.0 Å². The molecule has 2 heterocycles. The Balaban J connectivity index is 2.16. The summed E-state index contributed by atoms with van der Waals surface area (Å²) >= 11 is 0. The minimum Gasteiger partial charge on any atom is -0.443 e. The molecule has 0 aliphatic rings. The van der Waals surface area contributed by atoms with Gasteiger partial charge in [0.1, 0.15) is 17.4 Å². The summed E-state index contributed by atoms with van der Waals surface area (Å²) in [6, 6.07) is 16.1. The second kappa shape index (κ2) is 6.78. The van der Waals surface area contributed by atoms with Crippen molar-refractivity contribution in [3.63, 3.8) is 0 Å². The van der Waals surface area contributed by atoms with Gasteiger partial charge in [0.05, 0.1) is 11.6 Å². The van der Waals surface area contributed by atoms with Gasteiger partial charge < -0.3 is 4.42 Å². The maximum absolute atomic E-state index is 9.56. The average molecular weight is 341 g/mol. The Bertz CT molecular complexity index is 1080. The van der Waals surface area contributed by atoms with E-state index in [1.165, 1.54) is 0 Å². The Kier molecular flexibility index (Phi) is 4.52. The molecule has 0 fully saturated rings. The van der Waals surface area contributed by atoms with Crippen molar-refractivity contribution in [2.24, 2.45) is 0 Å². The first-order valence-corrected chi connectivity index (χ1v) is 8.34. The zero-order valence-corrected chi connectivity index (χ0v) is 15.3. The van der Waals surface area contributed by atoms with E-state index in [2.05, 4.69) is 12.1 Å². The van der Waals surface area contributed by atoms with Crippen molar-refractivity contribution >= 4 is 11.6 Å². The second-order valence-corrected chi connectivity index (χ2v) is 6.27. The number of benzene rings is 1. The van der Waals surface area contributed by atoms with Crippen LogP contribution in [0, 0.1) is 50.4 Å². The molecular formula is C22H19N3O. The Morgan fingerprint density at radius 2 is 1.77 bits per heavy atom. The fraction of sp³-hybridized carbons (Fsp3) is 0.182. The Morgan fingerprint density at radius 3 is 2.38 bits per heavy atom. The minimum atomic E-state index is 0.537. The highest BCUT2D eigenvalue weighted by Gasteiger charge is 2.20. The van der Waals surface area contributed by atoms with Crippen molar-refractivity contribution < 1.29 is 4.42 Å². The van der Waals surface area contributed by atoms with E-state index in [-0.39, 0.29) is 0 Å². The molecule has 4 nitrogen and oxygen atoms in total. The first-order chi connectivity index (χ1) is 12.5. The van der Waals surface area contributed by atoms with Crippen LogP contribution < -0.4 is 0 Å². The fourth-order valence-electron chi connectivity index (χ4n) is 3.10. The highest BCUT2D eigenvalue weighted by atomic mass is 16.4. The molecule has 0 aliphatic heterocycles. The number of nitriles is 2. The van der Waals surface area contributed by atoms with Gasteiger partial charge in [-0.1, -0.05) is 30.3 Å². The van der Waals surface area contributed by atoms with Crippen molar-refractivity contribution in [3.8, 4) is 18.0 Å². The summed E-state index contributed by atoms with van der Waals surface area (Å²) in [7, 11) is 0. The quantitative estimate of drug-likeness (QED) is 0.612. The lowest BCUT2D eigenvalue weighted by Crippen LogP contribution is -2.00. The summed E-state index contributed by atoms with van der Waals surface area (Å²) in [6.07, 6.45) is 1.88. The molecule has 2 aromatic heterocycles. The largest absolute Gasteiger partial charge is 0.443 e. The zero-order chi connectivity index (χ0) is 18.8. The summed E-state index contributed by atoms with van der Waals surface area (Å²) in [5.74, 6) is 1.28. The number of nitrogens with zero attached hydrogens (tertiary/aromatic N) is 3. The van der Waals surface area contributed by atoms with Crippen LogP contribution in [0.4, 0.5) is 0 Å². The third kappa shape index (κ3) is 2.83.